The molecule has 260 valence electrons. The van der Waals surface area contributed by atoms with E-state index >= 15 is 0 Å². The van der Waals surface area contributed by atoms with Gasteiger partial charge in [-0.3, -0.25) is 0 Å². The minimum Gasteiger partial charge on any atom is -0.208 e. The Kier molecular flexibility index (Phi) is 7.81. The predicted octanol–water partition coefficient (Wildman–Crippen LogP) is 13.3. The monoisotopic (exact) mass is 703 g/mol. The van der Waals surface area contributed by atoms with Gasteiger partial charge in [-0.05, 0) is 96.7 Å². The summed E-state index contributed by atoms with van der Waals surface area (Å²) in [6.07, 6.45) is 0. The van der Waals surface area contributed by atoms with Crippen LogP contribution < -0.4 is 0 Å². The van der Waals surface area contributed by atoms with Crippen LogP contribution in [0.3, 0.4) is 0 Å². The molecule has 1 aromatic heterocycles. The quantitative estimate of drug-likeness (QED) is 0.173. The SMILES string of the molecule is CC1(C)c2ccccc2-c2ccc(-c3cc(-c4ccc5ccccc5c4)cc(-c4nc(-c5ccccc5)nc(-c5ccc(-c6ccccc6)cc5)n4)c3)cc21. The third-order valence-electron chi connectivity index (χ3n) is 11.1. The molecule has 0 bridgehead atoms. The summed E-state index contributed by atoms with van der Waals surface area (Å²) in [4.78, 5) is 15.4. The minimum absolute atomic E-state index is 0.107. The number of hydrogen-bond donors (Lipinski definition) is 0. The summed E-state index contributed by atoms with van der Waals surface area (Å²) in [7, 11) is 0. The number of hydrogen-bond acceptors (Lipinski definition) is 3. The molecule has 0 saturated carbocycles. The fourth-order valence-corrected chi connectivity index (χ4v) is 8.14. The Balaban J connectivity index is 1.16. The van der Waals surface area contributed by atoms with E-state index in [0.717, 1.165) is 44.5 Å². The Morgan fingerprint density at radius 1 is 0.291 bits per heavy atom. The second-order valence-electron chi connectivity index (χ2n) is 14.9. The summed E-state index contributed by atoms with van der Waals surface area (Å²) in [6, 6.07) is 66.9. The molecule has 10 rings (SSSR count). The molecule has 1 heterocycles. The van der Waals surface area contributed by atoms with Crippen LogP contribution in [0.5, 0.6) is 0 Å². The smallest absolute Gasteiger partial charge is 0.164 e. The molecule has 55 heavy (non-hydrogen) atoms. The molecule has 0 radical (unpaired) electrons. The zero-order valence-corrected chi connectivity index (χ0v) is 30.7. The maximum atomic E-state index is 5.21. The third-order valence-corrected chi connectivity index (χ3v) is 11.1. The Morgan fingerprint density at radius 2 is 0.745 bits per heavy atom. The molecule has 0 atom stereocenters. The topological polar surface area (TPSA) is 38.7 Å². The van der Waals surface area contributed by atoms with Crippen LogP contribution in [-0.4, -0.2) is 15.0 Å². The van der Waals surface area contributed by atoms with E-state index in [1.54, 1.807) is 0 Å². The molecule has 1 aliphatic carbocycles. The predicted molar refractivity (Wildman–Crippen MR) is 228 cm³/mol. The van der Waals surface area contributed by atoms with Crippen LogP contribution in [0, 0.1) is 0 Å². The van der Waals surface area contributed by atoms with E-state index in [1.807, 2.05) is 24.3 Å². The highest BCUT2D eigenvalue weighted by Gasteiger charge is 2.35. The Labute approximate surface area is 321 Å². The Hall–Kier alpha value is -6.97. The molecule has 3 nitrogen and oxygen atoms in total. The van der Waals surface area contributed by atoms with Crippen molar-refractivity contribution in [3.63, 3.8) is 0 Å². The second-order valence-corrected chi connectivity index (χ2v) is 14.9. The molecule has 0 saturated heterocycles. The third kappa shape index (κ3) is 5.91. The molecule has 1 aliphatic rings. The van der Waals surface area contributed by atoms with Gasteiger partial charge < -0.3 is 0 Å². The van der Waals surface area contributed by atoms with Crippen LogP contribution in [0.2, 0.25) is 0 Å². The van der Waals surface area contributed by atoms with Crippen LogP contribution in [-0.2, 0) is 5.41 Å². The number of rotatable bonds is 6. The molecule has 0 amide bonds. The van der Waals surface area contributed by atoms with Crippen molar-refractivity contribution >= 4 is 10.8 Å². The fraction of sp³-hybridized carbons (Fsp3) is 0.0577. The van der Waals surface area contributed by atoms with Gasteiger partial charge in [0.15, 0.2) is 17.5 Å². The number of benzene rings is 8. The average molecular weight is 704 g/mol. The lowest BCUT2D eigenvalue weighted by Crippen LogP contribution is -2.14. The van der Waals surface area contributed by atoms with E-state index in [0.29, 0.717) is 17.5 Å². The van der Waals surface area contributed by atoms with Crippen molar-refractivity contribution in [1.29, 1.82) is 0 Å². The van der Waals surface area contributed by atoms with Crippen LogP contribution in [0.15, 0.2) is 188 Å². The first-order valence-electron chi connectivity index (χ1n) is 18.8. The lowest BCUT2D eigenvalue weighted by atomic mass is 9.81. The zero-order chi connectivity index (χ0) is 36.9. The van der Waals surface area contributed by atoms with Gasteiger partial charge in [0.05, 0.1) is 0 Å². The molecule has 0 unspecified atom stereocenters. The Morgan fingerprint density at radius 3 is 1.45 bits per heavy atom. The van der Waals surface area contributed by atoms with Crippen LogP contribution in [0.25, 0.3) is 89.4 Å². The van der Waals surface area contributed by atoms with Gasteiger partial charge in [0.1, 0.15) is 0 Å². The highest BCUT2D eigenvalue weighted by atomic mass is 15.0. The molecule has 8 aromatic carbocycles. The average Bonchev–Trinajstić information content (AvgIpc) is 3.49. The Bertz CT molecular complexity index is 2870. The molecular weight excluding hydrogens is 667 g/mol. The highest BCUT2D eigenvalue weighted by Crippen LogP contribution is 2.49. The van der Waals surface area contributed by atoms with E-state index in [-0.39, 0.29) is 5.41 Å². The van der Waals surface area contributed by atoms with Crippen LogP contribution in [0.1, 0.15) is 25.0 Å². The largest absolute Gasteiger partial charge is 0.208 e. The van der Waals surface area contributed by atoms with E-state index in [4.69, 9.17) is 15.0 Å². The normalized spacial score (nSPS) is 12.7. The van der Waals surface area contributed by atoms with Gasteiger partial charge in [0.2, 0.25) is 0 Å². The van der Waals surface area contributed by atoms with Crippen LogP contribution in [0.4, 0.5) is 0 Å². The van der Waals surface area contributed by atoms with Crippen LogP contribution >= 0.6 is 0 Å². The molecule has 0 fully saturated rings. The number of nitrogens with zero attached hydrogens (tertiary/aromatic N) is 3. The van der Waals surface area contributed by atoms with Gasteiger partial charge >= 0.3 is 0 Å². The van der Waals surface area contributed by atoms with Gasteiger partial charge in [0, 0.05) is 22.1 Å². The minimum atomic E-state index is -0.107. The fourth-order valence-electron chi connectivity index (χ4n) is 8.14. The van der Waals surface area contributed by atoms with E-state index in [9.17, 15) is 0 Å². The van der Waals surface area contributed by atoms with Crippen molar-refractivity contribution in [3.8, 4) is 78.7 Å². The standard InChI is InChI=1S/C52H37N3/c1-52(2)47-20-12-11-19-45(47)46-28-27-41(33-48(46)52)43-30-42(40-26-23-35-15-9-10-18-39(35)29-40)31-44(32-43)51-54-49(37-16-7-4-8-17-37)53-50(55-51)38-24-21-36(22-25-38)34-13-5-3-6-14-34/h3-33H,1-2H3. The summed E-state index contributed by atoms with van der Waals surface area (Å²) in [6.45, 7) is 4.67. The van der Waals surface area contributed by atoms with E-state index in [2.05, 4.69) is 178 Å². The molecular formula is C52H37N3. The van der Waals surface area contributed by atoms with Gasteiger partial charge in [-0.2, -0.15) is 0 Å². The molecule has 0 aliphatic heterocycles. The second kappa shape index (κ2) is 13.2. The number of aromatic nitrogens is 3. The van der Waals surface area contributed by atoms with Crippen molar-refractivity contribution in [3.05, 3.63) is 199 Å². The van der Waals surface area contributed by atoms with Crippen molar-refractivity contribution in [2.24, 2.45) is 0 Å². The highest BCUT2D eigenvalue weighted by molar-refractivity contribution is 5.90. The first-order valence-corrected chi connectivity index (χ1v) is 18.8. The summed E-state index contributed by atoms with van der Waals surface area (Å²) in [5.74, 6) is 1.91. The van der Waals surface area contributed by atoms with Crippen molar-refractivity contribution in [2.45, 2.75) is 19.3 Å². The zero-order valence-electron chi connectivity index (χ0n) is 30.7. The first kappa shape index (κ1) is 32.7. The summed E-state index contributed by atoms with van der Waals surface area (Å²) >= 11 is 0. The van der Waals surface area contributed by atoms with Gasteiger partial charge in [-0.1, -0.05) is 172 Å². The van der Waals surface area contributed by atoms with Gasteiger partial charge in [-0.25, -0.2) is 15.0 Å². The first-order chi connectivity index (χ1) is 27.0. The molecule has 0 N–H and O–H groups in total. The molecule has 9 aromatic rings. The van der Waals surface area contributed by atoms with Gasteiger partial charge in [0.25, 0.3) is 0 Å². The van der Waals surface area contributed by atoms with Gasteiger partial charge in [-0.15, -0.1) is 0 Å². The van der Waals surface area contributed by atoms with E-state index in [1.165, 1.54) is 38.6 Å². The summed E-state index contributed by atoms with van der Waals surface area (Å²) < 4.78 is 0. The van der Waals surface area contributed by atoms with Crippen molar-refractivity contribution in [1.82, 2.24) is 15.0 Å². The van der Waals surface area contributed by atoms with E-state index < -0.39 is 0 Å². The lowest BCUT2D eigenvalue weighted by molar-refractivity contribution is 0.660. The summed E-state index contributed by atoms with van der Waals surface area (Å²) in [5, 5.41) is 2.42. The summed E-state index contributed by atoms with van der Waals surface area (Å²) in [5.41, 5.74) is 14.9. The maximum Gasteiger partial charge on any atom is 0.164 e. The van der Waals surface area contributed by atoms with Crippen molar-refractivity contribution in [2.75, 3.05) is 0 Å². The van der Waals surface area contributed by atoms with Crippen molar-refractivity contribution < 1.29 is 0 Å². The molecule has 0 spiro atoms. The maximum absolute atomic E-state index is 5.21. The number of fused-ring (bicyclic) bond motifs is 4. The molecule has 3 heteroatoms. The lowest BCUT2D eigenvalue weighted by Gasteiger charge is -2.22.